The Bertz CT molecular complexity index is 376. The quantitative estimate of drug-likeness (QED) is 0.707. The highest BCUT2D eigenvalue weighted by Crippen LogP contribution is 2.36. The third-order valence-corrected chi connectivity index (χ3v) is 5.22. The number of ether oxygens (including phenoxy) is 2. The molecule has 1 aliphatic heterocycles. The van der Waals surface area contributed by atoms with Crippen molar-refractivity contribution < 1.29 is 9.47 Å². The van der Waals surface area contributed by atoms with Crippen LogP contribution in [0, 0.1) is 5.41 Å². The third-order valence-electron chi connectivity index (χ3n) is 3.53. The highest BCUT2D eigenvalue weighted by Gasteiger charge is 2.31. The van der Waals surface area contributed by atoms with Gasteiger partial charge in [0.2, 0.25) is 0 Å². The molecular weight excluding hydrogens is 360 g/mol. The van der Waals surface area contributed by atoms with E-state index in [2.05, 4.69) is 31.9 Å². The molecule has 0 aromatic heterocycles. The topological polar surface area (TPSA) is 18.5 Å². The van der Waals surface area contributed by atoms with Crippen molar-refractivity contribution in [3.63, 3.8) is 0 Å². The minimum Gasteiger partial charge on any atom is -0.494 e. The van der Waals surface area contributed by atoms with E-state index in [0.717, 1.165) is 54.6 Å². The highest BCUT2D eigenvalue weighted by atomic mass is 79.9. The van der Waals surface area contributed by atoms with Gasteiger partial charge in [0, 0.05) is 23.0 Å². The lowest BCUT2D eigenvalue weighted by Crippen LogP contribution is -2.32. The largest absolute Gasteiger partial charge is 0.494 e. The van der Waals surface area contributed by atoms with Gasteiger partial charge in [0.1, 0.15) is 5.75 Å². The van der Waals surface area contributed by atoms with E-state index in [9.17, 15) is 0 Å². The predicted molar refractivity (Wildman–Crippen MR) is 80.5 cm³/mol. The van der Waals surface area contributed by atoms with Gasteiger partial charge in [-0.1, -0.05) is 37.9 Å². The van der Waals surface area contributed by atoms with Crippen molar-refractivity contribution in [3.8, 4) is 5.75 Å². The van der Waals surface area contributed by atoms with E-state index in [-0.39, 0.29) is 0 Å². The monoisotopic (exact) mass is 376 g/mol. The fraction of sp³-hybridized carbons (Fsp3) is 0.571. The molecule has 2 rings (SSSR count). The molecule has 0 N–H and O–H groups in total. The molecule has 2 nitrogen and oxygen atoms in total. The molecule has 1 aromatic rings. The summed E-state index contributed by atoms with van der Waals surface area (Å²) in [4.78, 5) is 0. The molecular formula is C14H18Br2O2. The summed E-state index contributed by atoms with van der Waals surface area (Å²) < 4.78 is 12.3. The van der Waals surface area contributed by atoms with E-state index in [1.807, 2.05) is 24.3 Å². The summed E-state index contributed by atoms with van der Waals surface area (Å²) in [5, 5.41) is 1.03. The Morgan fingerprint density at radius 1 is 1.28 bits per heavy atom. The van der Waals surface area contributed by atoms with Crippen molar-refractivity contribution >= 4 is 31.9 Å². The van der Waals surface area contributed by atoms with Crippen LogP contribution in [0.1, 0.15) is 19.3 Å². The average Bonchev–Trinajstić information content (AvgIpc) is 2.40. The van der Waals surface area contributed by atoms with Crippen LogP contribution in [0.3, 0.4) is 0 Å². The molecule has 0 atom stereocenters. The SMILES string of the molecule is BrCC1(CCOc2cccc(Br)c2)CCOCC1. The minimum absolute atomic E-state index is 0.351. The molecule has 0 saturated carbocycles. The molecule has 18 heavy (non-hydrogen) atoms. The lowest BCUT2D eigenvalue weighted by molar-refractivity contribution is 0.0168. The van der Waals surface area contributed by atoms with E-state index in [1.165, 1.54) is 0 Å². The summed E-state index contributed by atoms with van der Waals surface area (Å²) in [6.45, 7) is 2.52. The van der Waals surface area contributed by atoms with Gasteiger partial charge in [-0.15, -0.1) is 0 Å². The molecule has 1 aromatic carbocycles. The first-order valence-electron chi connectivity index (χ1n) is 6.26. The van der Waals surface area contributed by atoms with E-state index in [1.54, 1.807) is 0 Å². The number of hydrogen-bond donors (Lipinski definition) is 0. The number of benzene rings is 1. The smallest absolute Gasteiger partial charge is 0.120 e. The van der Waals surface area contributed by atoms with Crippen molar-refractivity contribution in [2.24, 2.45) is 5.41 Å². The Morgan fingerprint density at radius 3 is 2.72 bits per heavy atom. The molecule has 1 saturated heterocycles. The zero-order valence-corrected chi connectivity index (χ0v) is 13.5. The molecule has 0 unspecified atom stereocenters. The van der Waals surface area contributed by atoms with Gasteiger partial charge in [-0.3, -0.25) is 0 Å². The summed E-state index contributed by atoms with van der Waals surface area (Å²) in [7, 11) is 0. The van der Waals surface area contributed by atoms with Gasteiger partial charge < -0.3 is 9.47 Å². The fourth-order valence-electron chi connectivity index (χ4n) is 2.20. The van der Waals surface area contributed by atoms with Crippen LogP contribution >= 0.6 is 31.9 Å². The van der Waals surface area contributed by atoms with Crippen LogP contribution < -0.4 is 4.74 Å². The average molecular weight is 378 g/mol. The van der Waals surface area contributed by atoms with E-state index in [4.69, 9.17) is 9.47 Å². The molecule has 0 radical (unpaired) electrons. The summed E-state index contributed by atoms with van der Waals surface area (Å²) in [5.41, 5.74) is 0.351. The Morgan fingerprint density at radius 2 is 2.06 bits per heavy atom. The molecule has 0 spiro atoms. The van der Waals surface area contributed by atoms with Gasteiger partial charge in [-0.2, -0.15) is 0 Å². The Kier molecular flexibility index (Phi) is 5.52. The number of rotatable bonds is 5. The Balaban J connectivity index is 1.83. The maximum absolute atomic E-state index is 5.82. The van der Waals surface area contributed by atoms with Gasteiger partial charge >= 0.3 is 0 Å². The fourth-order valence-corrected chi connectivity index (χ4v) is 3.42. The lowest BCUT2D eigenvalue weighted by atomic mass is 9.80. The standard InChI is InChI=1S/C14H18Br2O2/c15-11-14(4-7-17-8-5-14)6-9-18-13-3-1-2-12(16)10-13/h1-3,10H,4-9,11H2. The molecule has 1 fully saturated rings. The lowest BCUT2D eigenvalue weighted by Gasteiger charge is -2.35. The van der Waals surface area contributed by atoms with E-state index >= 15 is 0 Å². The predicted octanol–water partition coefficient (Wildman–Crippen LogP) is 4.41. The van der Waals surface area contributed by atoms with Gasteiger partial charge in [0.05, 0.1) is 6.61 Å². The zero-order valence-electron chi connectivity index (χ0n) is 10.3. The Hall–Kier alpha value is -0.0600. The molecule has 1 heterocycles. The maximum Gasteiger partial charge on any atom is 0.120 e. The van der Waals surface area contributed by atoms with Crippen LogP contribution in [0.5, 0.6) is 5.75 Å². The van der Waals surface area contributed by atoms with Crippen molar-refractivity contribution in [3.05, 3.63) is 28.7 Å². The summed E-state index contributed by atoms with van der Waals surface area (Å²) in [5.74, 6) is 0.932. The van der Waals surface area contributed by atoms with Gasteiger partial charge in [0.15, 0.2) is 0 Å². The highest BCUT2D eigenvalue weighted by molar-refractivity contribution is 9.10. The normalized spacial score (nSPS) is 18.6. The number of alkyl halides is 1. The van der Waals surface area contributed by atoms with E-state index in [0.29, 0.717) is 5.41 Å². The minimum atomic E-state index is 0.351. The first-order chi connectivity index (χ1) is 8.74. The second-order valence-electron chi connectivity index (χ2n) is 4.80. The second-order valence-corrected chi connectivity index (χ2v) is 6.28. The first kappa shape index (κ1) is 14.4. The van der Waals surface area contributed by atoms with Crippen molar-refractivity contribution in [1.29, 1.82) is 0 Å². The summed E-state index contributed by atoms with van der Waals surface area (Å²) in [6, 6.07) is 8.00. The van der Waals surface area contributed by atoms with Gasteiger partial charge in [-0.25, -0.2) is 0 Å². The van der Waals surface area contributed by atoms with Crippen LogP contribution in [0.15, 0.2) is 28.7 Å². The molecule has 0 bridgehead atoms. The van der Waals surface area contributed by atoms with Crippen molar-refractivity contribution in [2.45, 2.75) is 19.3 Å². The Labute approximate surface area is 125 Å². The second kappa shape index (κ2) is 6.92. The van der Waals surface area contributed by atoms with Crippen LogP contribution in [0.4, 0.5) is 0 Å². The van der Waals surface area contributed by atoms with Crippen LogP contribution in [-0.2, 0) is 4.74 Å². The summed E-state index contributed by atoms with van der Waals surface area (Å²) in [6.07, 6.45) is 3.33. The van der Waals surface area contributed by atoms with Crippen molar-refractivity contribution in [2.75, 3.05) is 25.2 Å². The van der Waals surface area contributed by atoms with Crippen LogP contribution in [-0.4, -0.2) is 25.2 Å². The first-order valence-corrected chi connectivity index (χ1v) is 8.18. The van der Waals surface area contributed by atoms with Gasteiger partial charge in [-0.05, 0) is 42.9 Å². The van der Waals surface area contributed by atoms with Gasteiger partial charge in [0.25, 0.3) is 0 Å². The van der Waals surface area contributed by atoms with Crippen LogP contribution in [0.25, 0.3) is 0 Å². The third kappa shape index (κ3) is 3.97. The summed E-state index contributed by atoms with van der Waals surface area (Å²) >= 11 is 7.10. The van der Waals surface area contributed by atoms with E-state index < -0.39 is 0 Å². The zero-order chi connectivity index (χ0) is 12.8. The molecule has 0 aliphatic carbocycles. The maximum atomic E-state index is 5.82. The number of halogens is 2. The molecule has 4 heteroatoms. The van der Waals surface area contributed by atoms with Crippen molar-refractivity contribution in [1.82, 2.24) is 0 Å². The number of hydrogen-bond acceptors (Lipinski definition) is 2. The molecule has 0 amide bonds. The van der Waals surface area contributed by atoms with Crippen LogP contribution in [0.2, 0.25) is 0 Å². The molecule has 1 aliphatic rings. The molecule has 100 valence electrons.